The van der Waals surface area contributed by atoms with Crippen molar-refractivity contribution in [1.82, 2.24) is 0 Å². The van der Waals surface area contributed by atoms with Gasteiger partial charge in [-0.2, -0.15) is 0 Å². The lowest BCUT2D eigenvalue weighted by molar-refractivity contribution is -0.187. The van der Waals surface area contributed by atoms with Crippen molar-refractivity contribution in [2.75, 3.05) is 0 Å². The molecular formula is C18H26O3. The van der Waals surface area contributed by atoms with E-state index in [9.17, 15) is 9.59 Å². The Morgan fingerprint density at radius 1 is 1.24 bits per heavy atom. The van der Waals surface area contributed by atoms with Gasteiger partial charge < -0.3 is 4.74 Å². The van der Waals surface area contributed by atoms with Crippen LogP contribution in [0.5, 0.6) is 0 Å². The highest BCUT2D eigenvalue weighted by Gasteiger charge is 2.69. The number of ether oxygens (including phenoxy) is 1. The summed E-state index contributed by atoms with van der Waals surface area (Å²) in [6.07, 6.45) is 2.80. The third kappa shape index (κ3) is 1.50. The molecule has 4 aliphatic carbocycles. The summed E-state index contributed by atoms with van der Waals surface area (Å²) in [6, 6.07) is 0. The minimum atomic E-state index is -0.208. The molecule has 0 amide bonds. The predicted molar refractivity (Wildman–Crippen MR) is 80.6 cm³/mol. The minimum Gasteiger partial charge on any atom is -0.462 e. The highest BCUT2D eigenvalue weighted by atomic mass is 16.5. The molecule has 4 aliphatic rings. The maximum atomic E-state index is 12.6. The first kappa shape index (κ1) is 14.8. The lowest BCUT2D eigenvalue weighted by Gasteiger charge is -2.65. The van der Waals surface area contributed by atoms with E-state index in [1.165, 1.54) is 12.5 Å². The van der Waals surface area contributed by atoms with Crippen LogP contribution in [0.3, 0.4) is 0 Å². The summed E-state index contributed by atoms with van der Waals surface area (Å²) in [5.41, 5.74) is 2.06. The van der Waals surface area contributed by atoms with Crippen LogP contribution in [0, 0.1) is 22.2 Å². The lowest BCUT2D eigenvalue weighted by atomic mass is 9.40. The van der Waals surface area contributed by atoms with Gasteiger partial charge in [-0.1, -0.05) is 33.3 Å². The number of rotatable bonds is 1. The van der Waals surface area contributed by atoms with Gasteiger partial charge in [-0.3, -0.25) is 9.59 Å². The van der Waals surface area contributed by atoms with Crippen LogP contribution in [0.1, 0.15) is 60.8 Å². The molecule has 0 N–H and O–H groups in total. The van der Waals surface area contributed by atoms with Gasteiger partial charge in [-0.05, 0) is 37.2 Å². The number of allylic oxidation sites excluding steroid dienone is 2. The van der Waals surface area contributed by atoms with Crippen molar-refractivity contribution in [2.45, 2.75) is 66.9 Å². The molecule has 3 heteroatoms. The third-order valence-electron chi connectivity index (χ3n) is 7.18. The molecule has 4 atom stereocenters. The molecule has 1 unspecified atom stereocenters. The predicted octanol–water partition coefficient (Wildman–Crippen LogP) is 3.67. The van der Waals surface area contributed by atoms with Gasteiger partial charge in [0, 0.05) is 23.7 Å². The Kier molecular flexibility index (Phi) is 2.81. The van der Waals surface area contributed by atoms with Crippen LogP contribution in [-0.2, 0) is 14.3 Å². The van der Waals surface area contributed by atoms with E-state index in [-0.39, 0.29) is 34.2 Å². The van der Waals surface area contributed by atoms with Crippen LogP contribution in [0.25, 0.3) is 0 Å². The van der Waals surface area contributed by atoms with Crippen molar-refractivity contribution >= 4 is 11.8 Å². The topological polar surface area (TPSA) is 43.4 Å². The van der Waals surface area contributed by atoms with Crippen molar-refractivity contribution in [3.63, 3.8) is 0 Å². The first-order valence-electron chi connectivity index (χ1n) is 8.01. The summed E-state index contributed by atoms with van der Waals surface area (Å²) in [7, 11) is 0. The van der Waals surface area contributed by atoms with E-state index < -0.39 is 0 Å². The van der Waals surface area contributed by atoms with Gasteiger partial charge in [0.15, 0.2) is 5.78 Å². The Morgan fingerprint density at radius 3 is 2.43 bits per heavy atom. The van der Waals surface area contributed by atoms with E-state index >= 15 is 0 Å². The molecule has 0 aromatic heterocycles. The summed E-state index contributed by atoms with van der Waals surface area (Å²) < 4.78 is 5.71. The second-order valence-electron chi connectivity index (χ2n) is 8.09. The normalized spacial score (nSPS) is 44.0. The first-order valence-corrected chi connectivity index (χ1v) is 8.01. The summed E-state index contributed by atoms with van der Waals surface area (Å²) in [4.78, 5) is 24.1. The zero-order valence-electron chi connectivity index (χ0n) is 14.0. The van der Waals surface area contributed by atoms with Gasteiger partial charge in [0.05, 0.1) is 0 Å². The third-order valence-corrected chi connectivity index (χ3v) is 7.18. The summed E-state index contributed by atoms with van der Waals surface area (Å²) in [5.74, 6) is 0.112. The van der Waals surface area contributed by atoms with E-state index in [0.717, 1.165) is 24.8 Å². The fourth-order valence-electron chi connectivity index (χ4n) is 5.67. The Labute approximate surface area is 127 Å². The van der Waals surface area contributed by atoms with E-state index in [4.69, 9.17) is 4.74 Å². The summed E-state index contributed by atoms with van der Waals surface area (Å²) in [5, 5.41) is 0. The molecule has 3 fully saturated rings. The van der Waals surface area contributed by atoms with Gasteiger partial charge >= 0.3 is 5.97 Å². The maximum absolute atomic E-state index is 12.6. The molecule has 0 aliphatic heterocycles. The molecule has 3 nitrogen and oxygen atoms in total. The molecule has 1 spiro atoms. The molecule has 0 aromatic rings. The van der Waals surface area contributed by atoms with Crippen molar-refractivity contribution in [1.29, 1.82) is 0 Å². The Hall–Kier alpha value is -1.12. The molecule has 0 heterocycles. The van der Waals surface area contributed by atoms with Crippen LogP contribution in [0.15, 0.2) is 11.1 Å². The number of Topliss-reactive ketones (excluding diaryl/α,β-unsaturated/α-hetero) is 1. The van der Waals surface area contributed by atoms with Crippen LogP contribution >= 0.6 is 0 Å². The number of hydrogen-bond acceptors (Lipinski definition) is 3. The Bertz CT molecular complexity index is 571. The first-order chi connectivity index (χ1) is 9.58. The average molecular weight is 290 g/mol. The molecular weight excluding hydrogens is 264 g/mol. The number of hydrogen-bond donors (Lipinski definition) is 0. The van der Waals surface area contributed by atoms with E-state index in [1.807, 2.05) is 6.92 Å². The summed E-state index contributed by atoms with van der Waals surface area (Å²) in [6.45, 7) is 12.3. The van der Waals surface area contributed by atoms with Gasteiger partial charge in [0.2, 0.25) is 0 Å². The smallest absolute Gasteiger partial charge is 0.302 e. The van der Waals surface area contributed by atoms with Gasteiger partial charge in [-0.25, -0.2) is 0 Å². The molecule has 0 saturated heterocycles. The number of carbonyl (C=O) groups is 2. The minimum absolute atomic E-state index is 0.0229. The largest absolute Gasteiger partial charge is 0.462 e. The van der Waals surface area contributed by atoms with Gasteiger partial charge in [0.25, 0.3) is 0 Å². The maximum Gasteiger partial charge on any atom is 0.302 e. The fraction of sp³-hybridized carbons (Fsp3) is 0.778. The molecule has 3 saturated carbocycles. The van der Waals surface area contributed by atoms with Crippen molar-refractivity contribution in [3.8, 4) is 0 Å². The van der Waals surface area contributed by atoms with E-state index in [1.54, 1.807) is 0 Å². The fourth-order valence-corrected chi connectivity index (χ4v) is 5.67. The van der Waals surface area contributed by atoms with Gasteiger partial charge in [-0.15, -0.1) is 0 Å². The van der Waals surface area contributed by atoms with E-state index in [0.29, 0.717) is 5.78 Å². The Morgan fingerprint density at radius 2 is 1.86 bits per heavy atom. The highest BCUT2D eigenvalue weighted by molar-refractivity contribution is 6.01. The molecule has 2 bridgehead atoms. The van der Waals surface area contributed by atoms with Crippen molar-refractivity contribution < 1.29 is 14.3 Å². The summed E-state index contributed by atoms with van der Waals surface area (Å²) >= 11 is 0. The lowest BCUT2D eigenvalue weighted by Crippen LogP contribution is -2.62. The highest BCUT2D eigenvalue weighted by Crippen LogP contribution is 2.73. The van der Waals surface area contributed by atoms with Crippen LogP contribution in [0.2, 0.25) is 0 Å². The number of carbonyl (C=O) groups excluding carboxylic acids is 2. The standard InChI is InChI=1S/C18H26O3/c1-10-14(20)11(2)18-8-7-17(6,16(4,5)15(10)18)13(9-18)21-12(3)19/h11,13H,7-9H2,1-6H3/t11?,13-,17+,18-/m1/s1. The molecule has 0 aromatic carbocycles. The molecule has 4 rings (SSSR count). The monoisotopic (exact) mass is 290 g/mol. The van der Waals surface area contributed by atoms with E-state index in [2.05, 4.69) is 27.7 Å². The number of fused-ring (bicyclic) bond motifs is 2. The zero-order valence-corrected chi connectivity index (χ0v) is 14.0. The molecule has 21 heavy (non-hydrogen) atoms. The second kappa shape index (κ2) is 3.99. The molecule has 116 valence electrons. The zero-order chi connectivity index (χ0) is 15.8. The number of ketones is 1. The van der Waals surface area contributed by atoms with Crippen LogP contribution in [-0.4, -0.2) is 17.9 Å². The Balaban J connectivity index is 2.19. The van der Waals surface area contributed by atoms with Crippen molar-refractivity contribution in [3.05, 3.63) is 11.1 Å². The van der Waals surface area contributed by atoms with Crippen molar-refractivity contribution in [2.24, 2.45) is 22.2 Å². The molecule has 0 radical (unpaired) electrons. The van der Waals surface area contributed by atoms with Gasteiger partial charge in [0.1, 0.15) is 6.10 Å². The van der Waals surface area contributed by atoms with Crippen LogP contribution < -0.4 is 0 Å². The quantitative estimate of drug-likeness (QED) is 0.692. The number of esters is 1. The average Bonchev–Trinajstić information content (AvgIpc) is 2.55. The second-order valence-corrected chi connectivity index (χ2v) is 8.09. The SMILES string of the molecule is CC(=O)O[C@@H]1C[C@@]23CC[C@]1(C)C(C)(C)C2=C(C)C(=O)C3C. The van der Waals surface area contributed by atoms with Crippen LogP contribution in [0.4, 0.5) is 0 Å².